The quantitative estimate of drug-likeness (QED) is 0.467. The summed E-state index contributed by atoms with van der Waals surface area (Å²) in [4.78, 5) is 0. The molecule has 0 amide bonds. The Morgan fingerprint density at radius 1 is 0.857 bits per heavy atom. The lowest BCUT2D eigenvalue weighted by molar-refractivity contribution is 0.264. The Bertz CT molecular complexity index is 347. The van der Waals surface area contributed by atoms with E-state index in [2.05, 4.69) is 52.0 Å². The first kappa shape index (κ1) is 18.1. The van der Waals surface area contributed by atoms with Crippen LogP contribution < -0.4 is 4.74 Å². The Kier molecular flexibility index (Phi) is 9.21. The van der Waals surface area contributed by atoms with Crippen molar-refractivity contribution in [2.24, 2.45) is 11.8 Å². The molecule has 0 aliphatic heterocycles. The molecule has 1 aromatic rings. The molecule has 0 spiro atoms. The highest BCUT2D eigenvalue weighted by molar-refractivity contribution is 5.27. The van der Waals surface area contributed by atoms with Crippen molar-refractivity contribution < 1.29 is 4.74 Å². The molecule has 1 nitrogen and oxygen atoms in total. The number of benzene rings is 1. The number of hydrogen-bond acceptors (Lipinski definition) is 1. The summed E-state index contributed by atoms with van der Waals surface area (Å²) in [6.07, 6.45) is 8.88. The monoisotopic (exact) mass is 290 g/mol. The summed E-state index contributed by atoms with van der Waals surface area (Å²) in [5, 5.41) is 0. The zero-order chi connectivity index (χ0) is 15.5. The summed E-state index contributed by atoms with van der Waals surface area (Å²) in [6, 6.07) is 8.69. The van der Waals surface area contributed by atoms with Gasteiger partial charge in [-0.1, -0.05) is 65.5 Å². The molecule has 1 heteroatoms. The van der Waals surface area contributed by atoms with E-state index in [0.717, 1.165) is 24.2 Å². The maximum atomic E-state index is 5.91. The third-order valence-electron chi connectivity index (χ3n) is 4.12. The molecule has 0 saturated carbocycles. The Morgan fingerprint density at radius 2 is 1.48 bits per heavy atom. The SMILES string of the molecule is CCCC(CCC)CCOc1ccc(CCC(C)C)cc1. The molecule has 21 heavy (non-hydrogen) atoms. The second-order valence-corrected chi connectivity index (χ2v) is 6.66. The van der Waals surface area contributed by atoms with Gasteiger partial charge in [0, 0.05) is 0 Å². The Labute approximate surface area is 132 Å². The van der Waals surface area contributed by atoms with Crippen molar-refractivity contribution in [2.75, 3.05) is 6.61 Å². The van der Waals surface area contributed by atoms with E-state index in [0.29, 0.717) is 0 Å². The van der Waals surface area contributed by atoms with Crippen LogP contribution in [0.1, 0.15) is 71.8 Å². The number of hydrogen-bond donors (Lipinski definition) is 0. The molecule has 120 valence electrons. The van der Waals surface area contributed by atoms with Crippen LogP contribution in [0.4, 0.5) is 0 Å². The van der Waals surface area contributed by atoms with Gasteiger partial charge in [0.15, 0.2) is 0 Å². The number of aryl methyl sites for hydroxylation is 1. The van der Waals surface area contributed by atoms with Gasteiger partial charge in [0.05, 0.1) is 6.61 Å². The predicted octanol–water partition coefficient (Wildman–Crippen LogP) is 6.26. The first-order valence-corrected chi connectivity index (χ1v) is 8.87. The van der Waals surface area contributed by atoms with E-state index < -0.39 is 0 Å². The molecule has 0 heterocycles. The van der Waals surface area contributed by atoms with Crippen LogP contribution in [-0.4, -0.2) is 6.61 Å². The normalized spacial score (nSPS) is 11.3. The zero-order valence-corrected chi connectivity index (χ0v) is 14.5. The highest BCUT2D eigenvalue weighted by atomic mass is 16.5. The van der Waals surface area contributed by atoms with Gasteiger partial charge in [-0.15, -0.1) is 0 Å². The Balaban J connectivity index is 2.31. The van der Waals surface area contributed by atoms with Gasteiger partial charge in [0.2, 0.25) is 0 Å². The fourth-order valence-electron chi connectivity index (χ4n) is 2.80. The average molecular weight is 290 g/mol. The smallest absolute Gasteiger partial charge is 0.119 e. The van der Waals surface area contributed by atoms with Gasteiger partial charge in [-0.05, 0) is 48.8 Å². The third-order valence-corrected chi connectivity index (χ3v) is 4.12. The van der Waals surface area contributed by atoms with Crippen molar-refractivity contribution >= 4 is 0 Å². The van der Waals surface area contributed by atoms with Crippen LogP contribution in [0.15, 0.2) is 24.3 Å². The van der Waals surface area contributed by atoms with Gasteiger partial charge in [-0.25, -0.2) is 0 Å². The van der Waals surface area contributed by atoms with Crippen molar-refractivity contribution in [1.82, 2.24) is 0 Å². The molecule has 0 bridgehead atoms. The summed E-state index contributed by atoms with van der Waals surface area (Å²) >= 11 is 0. The lowest BCUT2D eigenvalue weighted by atomic mass is 9.95. The van der Waals surface area contributed by atoms with E-state index in [1.54, 1.807) is 0 Å². The second-order valence-electron chi connectivity index (χ2n) is 6.66. The molecule has 0 atom stereocenters. The first-order chi connectivity index (χ1) is 10.2. The van der Waals surface area contributed by atoms with Crippen LogP contribution in [0.25, 0.3) is 0 Å². The lowest BCUT2D eigenvalue weighted by Gasteiger charge is -2.15. The van der Waals surface area contributed by atoms with E-state index in [1.807, 2.05) is 0 Å². The van der Waals surface area contributed by atoms with Crippen LogP contribution >= 0.6 is 0 Å². The summed E-state index contributed by atoms with van der Waals surface area (Å²) < 4.78 is 5.91. The first-order valence-electron chi connectivity index (χ1n) is 8.87. The van der Waals surface area contributed by atoms with E-state index in [4.69, 9.17) is 4.74 Å². The molecule has 0 unspecified atom stereocenters. The zero-order valence-electron chi connectivity index (χ0n) is 14.5. The maximum Gasteiger partial charge on any atom is 0.119 e. The summed E-state index contributed by atoms with van der Waals surface area (Å²) in [5.74, 6) is 2.63. The molecule has 0 radical (unpaired) electrons. The third kappa shape index (κ3) is 8.14. The molecule has 0 N–H and O–H groups in total. The Morgan fingerprint density at radius 3 is 2.00 bits per heavy atom. The van der Waals surface area contributed by atoms with Crippen molar-refractivity contribution in [1.29, 1.82) is 0 Å². The minimum atomic E-state index is 0.773. The molecule has 0 saturated heterocycles. The van der Waals surface area contributed by atoms with Crippen molar-refractivity contribution in [3.63, 3.8) is 0 Å². The summed E-state index contributed by atoms with van der Waals surface area (Å²) in [5.41, 5.74) is 1.42. The molecule has 1 rings (SSSR count). The van der Waals surface area contributed by atoms with Gasteiger partial charge in [0.1, 0.15) is 5.75 Å². The predicted molar refractivity (Wildman–Crippen MR) is 93.0 cm³/mol. The molecule has 0 fully saturated rings. The van der Waals surface area contributed by atoms with Crippen molar-refractivity contribution in [2.45, 2.75) is 72.6 Å². The van der Waals surface area contributed by atoms with E-state index in [9.17, 15) is 0 Å². The molecular weight excluding hydrogens is 256 g/mol. The van der Waals surface area contributed by atoms with E-state index in [1.165, 1.54) is 50.5 Å². The van der Waals surface area contributed by atoms with Gasteiger partial charge >= 0.3 is 0 Å². The highest BCUT2D eigenvalue weighted by Gasteiger charge is 2.07. The highest BCUT2D eigenvalue weighted by Crippen LogP contribution is 2.19. The number of ether oxygens (including phenoxy) is 1. The van der Waals surface area contributed by atoms with Crippen LogP contribution in [0.2, 0.25) is 0 Å². The van der Waals surface area contributed by atoms with Crippen molar-refractivity contribution in [3.8, 4) is 5.75 Å². The molecule has 0 aliphatic rings. The fraction of sp³-hybridized carbons (Fsp3) is 0.700. The van der Waals surface area contributed by atoms with E-state index in [-0.39, 0.29) is 0 Å². The summed E-state index contributed by atoms with van der Waals surface area (Å²) in [6.45, 7) is 9.97. The second kappa shape index (κ2) is 10.7. The molecule has 0 aliphatic carbocycles. The summed E-state index contributed by atoms with van der Waals surface area (Å²) in [7, 11) is 0. The van der Waals surface area contributed by atoms with Crippen molar-refractivity contribution in [3.05, 3.63) is 29.8 Å². The standard InChI is InChI=1S/C20H34O/c1-5-7-18(8-6-2)15-16-21-20-13-11-19(12-14-20)10-9-17(3)4/h11-14,17-18H,5-10,15-16H2,1-4H3. The van der Waals surface area contributed by atoms with Crippen LogP contribution in [0, 0.1) is 11.8 Å². The van der Waals surface area contributed by atoms with E-state index >= 15 is 0 Å². The van der Waals surface area contributed by atoms with Gasteiger partial charge in [-0.2, -0.15) is 0 Å². The molecular formula is C20H34O. The van der Waals surface area contributed by atoms with Crippen LogP contribution in [-0.2, 0) is 6.42 Å². The average Bonchev–Trinajstić information content (AvgIpc) is 2.47. The van der Waals surface area contributed by atoms with Gasteiger partial charge < -0.3 is 4.74 Å². The number of rotatable bonds is 11. The minimum absolute atomic E-state index is 0.773. The maximum absolute atomic E-state index is 5.91. The molecule has 0 aromatic heterocycles. The topological polar surface area (TPSA) is 9.23 Å². The van der Waals surface area contributed by atoms with Crippen LogP contribution in [0.5, 0.6) is 5.75 Å². The molecule has 1 aromatic carbocycles. The largest absolute Gasteiger partial charge is 0.494 e. The van der Waals surface area contributed by atoms with Crippen LogP contribution in [0.3, 0.4) is 0 Å². The van der Waals surface area contributed by atoms with Gasteiger partial charge in [-0.3, -0.25) is 0 Å². The Hall–Kier alpha value is -0.980. The fourth-order valence-corrected chi connectivity index (χ4v) is 2.80. The lowest BCUT2D eigenvalue weighted by Crippen LogP contribution is -2.07. The minimum Gasteiger partial charge on any atom is -0.494 e. The van der Waals surface area contributed by atoms with Gasteiger partial charge in [0.25, 0.3) is 0 Å².